The van der Waals surface area contributed by atoms with Crippen molar-refractivity contribution >= 4 is 23.5 Å². The van der Waals surface area contributed by atoms with Crippen molar-refractivity contribution in [1.29, 1.82) is 0 Å². The molecule has 2 saturated heterocycles. The van der Waals surface area contributed by atoms with Crippen molar-refractivity contribution < 1.29 is 5.11 Å². The van der Waals surface area contributed by atoms with Crippen molar-refractivity contribution in [3.8, 4) is 0 Å². The second-order valence-corrected chi connectivity index (χ2v) is 5.47. The fourth-order valence-corrected chi connectivity index (χ4v) is 3.98. The molecule has 1 nitrogen and oxygen atoms in total. The molecule has 4 atom stereocenters. The predicted octanol–water partition coefficient (Wildman–Crippen LogP) is 0.844. The van der Waals surface area contributed by atoms with Crippen molar-refractivity contribution in [3.63, 3.8) is 0 Å². The zero-order valence-electron chi connectivity index (χ0n) is 4.65. The fraction of sp³-hybridized carbons (Fsp3) is 0.667. The van der Waals surface area contributed by atoms with Crippen LogP contribution in [0, 0.1) is 0 Å². The third-order valence-corrected chi connectivity index (χ3v) is 4.97. The molecule has 1 aliphatic carbocycles. The smallest absolute Gasteiger partial charge is 0.142 e. The van der Waals surface area contributed by atoms with Gasteiger partial charge in [-0.25, -0.2) is 0 Å². The van der Waals surface area contributed by atoms with Gasteiger partial charge in [0, 0.05) is 10.5 Å². The van der Waals surface area contributed by atoms with Gasteiger partial charge in [0.25, 0.3) is 0 Å². The summed E-state index contributed by atoms with van der Waals surface area (Å²) in [5, 5.41) is 11.6. The van der Waals surface area contributed by atoms with E-state index in [1.165, 1.54) is 0 Å². The van der Waals surface area contributed by atoms with E-state index in [0.29, 0.717) is 5.25 Å². The second-order valence-electron chi connectivity index (χ2n) is 2.71. The first-order valence-electron chi connectivity index (χ1n) is 3.05. The molecular formula is C6H6OS2. The minimum Gasteiger partial charge on any atom is -0.375 e. The van der Waals surface area contributed by atoms with E-state index >= 15 is 0 Å². The highest BCUT2D eigenvalue weighted by molar-refractivity contribution is 8.13. The highest BCUT2D eigenvalue weighted by atomic mass is 32.2. The first kappa shape index (κ1) is 5.10. The summed E-state index contributed by atoms with van der Waals surface area (Å²) < 4.78 is 0. The minimum absolute atomic E-state index is 0.426. The molecule has 9 heavy (non-hydrogen) atoms. The molecule has 1 N–H and O–H groups in total. The summed E-state index contributed by atoms with van der Waals surface area (Å²) in [5.41, 5.74) is 0. The van der Waals surface area contributed by atoms with Crippen molar-refractivity contribution in [2.45, 2.75) is 20.7 Å². The molecule has 2 fully saturated rings. The minimum atomic E-state index is -0.426. The van der Waals surface area contributed by atoms with Crippen LogP contribution >= 0.6 is 23.5 Å². The lowest BCUT2D eigenvalue weighted by molar-refractivity contribution is 0.218. The molecule has 0 radical (unpaired) electrons. The summed E-state index contributed by atoms with van der Waals surface area (Å²) in [4.78, 5) is -0.426. The number of aliphatic hydroxyl groups is 1. The Kier molecular flexibility index (Phi) is 0.693. The lowest BCUT2D eigenvalue weighted by atomic mass is 10.1. The molecule has 0 aromatic heterocycles. The monoisotopic (exact) mass is 158 g/mol. The molecule has 2 aliphatic heterocycles. The number of thioether (sulfide) groups is 2. The van der Waals surface area contributed by atoms with Crippen LogP contribution in [0.5, 0.6) is 0 Å². The molecule has 3 aliphatic rings. The zero-order chi connectivity index (χ0) is 6.06. The van der Waals surface area contributed by atoms with Crippen LogP contribution in [-0.2, 0) is 0 Å². The van der Waals surface area contributed by atoms with Crippen LogP contribution in [0.3, 0.4) is 0 Å². The summed E-state index contributed by atoms with van der Waals surface area (Å²) in [6.07, 6.45) is 4.11. The highest BCUT2D eigenvalue weighted by Crippen LogP contribution is 2.67. The standard InChI is InChI=1S/C6H6OS2/c7-6-2-1-3-4(8-3)5(6)9-6/h1-5,7H. The van der Waals surface area contributed by atoms with Crippen LogP contribution in [0.25, 0.3) is 0 Å². The van der Waals surface area contributed by atoms with Gasteiger partial charge < -0.3 is 5.11 Å². The molecule has 0 aromatic rings. The van der Waals surface area contributed by atoms with Gasteiger partial charge in [-0.1, -0.05) is 6.08 Å². The molecular weight excluding hydrogens is 152 g/mol. The van der Waals surface area contributed by atoms with Crippen LogP contribution in [0.2, 0.25) is 0 Å². The van der Waals surface area contributed by atoms with Gasteiger partial charge in [-0.15, -0.1) is 23.5 Å². The molecule has 2 heterocycles. The van der Waals surface area contributed by atoms with Gasteiger partial charge in [0.2, 0.25) is 0 Å². The number of hydrogen-bond donors (Lipinski definition) is 1. The van der Waals surface area contributed by atoms with Gasteiger partial charge in [-0.05, 0) is 6.08 Å². The zero-order valence-corrected chi connectivity index (χ0v) is 6.28. The Morgan fingerprint density at radius 1 is 1.56 bits per heavy atom. The second kappa shape index (κ2) is 1.22. The van der Waals surface area contributed by atoms with Crippen LogP contribution in [-0.4, -0.2) is 25.8 Å². The van der Waals surface area contributed by atoms with E-state index in [2.05, 4.69) is 6.08 Å². The van der Waals surface area contributed by atoms with E-state index in [-0.39, 0.29) is 0 Å². The molecule has 4 unspecified atom stereocenters. The molecule has 0 saturated carbocycles. The average Bonchev–Trinajstić information content (AvgIpc) is 2.52. The van der Waals surface area contributed by atoms with Crippen molar-refractivity contribution in [2.75, 3.05) is 0 Å². The summed E-state index contributed by atoms with van der Waals surface area (Å²) in [6, 6.07) is 0. The average molecular weight is 158 g/mol. The Morgan fingerprint density at radius 2 is 2.44 bits per heavy atom. The fourth-order valence-electron chi connectivity index (χ4n) is 1.37. The quantitative estimate of drug-likeness (QED) is 0.417. The predicted molar refractivity (Wildman–Crippen MR) is 40.6 cm³/mol. The number of hydrogen-bond acceptors (Lipinski definition) is 3. The Morgan fingerprint density at radius 3 is 3.22 bits per heavy atom. The van der Waals surface area contributed by atoms with E-state index in [4.69, 9.17) is 0 Å². The van der Waals surface area contributed by atoms with Gasteiger partial charge >= 0.3 is 0 Å². The van der Waals surface area contributed by atoms with Crippen molar-refractivity contribution in [1.82, 2.24) is 0 Å². The molecule has 0 aromatic carbocycles. The maximum absolute atomic E-state index is 9.51. The lowest BCUT2D eigenvalue weighted by Crippen LogP contribution is -2.18. The molecule has 0 bridgehead atoms. The van der Waals surface area contributed by atoms with Crippen molar-refractivity contribution in [3.05, 3.63) is 12.2 Å². The molecule has 3 rings (SSSR count). The number of fused-ring (bicyclic) bond motifs is 3. The molecule has 48 valence electrons. The van der Waals surface area contributed by atoms with Crippen molar-refractivity contribution in [2.24, 2.45) is 0 Å². The van der Waals surface area contributed by atoms with Gasteiger partial charge in [0.15, 0.2) is 0 Å². The maximum atomic E-state index is 9.51. The maximum Gasteiger partial charge on any atom is 0.142 e. The van der Waals surface area contributed by atoms with Crippen LogP contribution in [0.15, 0.2) is 12.2 Å². The topological polar surface area (TPSA) is 20.2 Å². The van der Waals surface area contributed by atoms with Gasteiger partial charge in [0.1, 0.15) is 4.93 Å². The first-order valence-corrected chi connectivity index (χ1v) is 4.87. The first-order chi connectivity index (χ1) is 4.30. The Labute approximate surface area is 61.9 Å². The van der Waals surface area contributed by atoms with E-state index < -0.39 is 4.93 Å². The Bertz CT molecular complexity index is 203. The molecule has 0 spiro atoms. The van der Waals surface area contributed by atoms with Gasteiger partial charge in [-0.2, -0.15) is 0 Å². The van der Waals surface area contributed by atoms with Crippen LogP contribution in [0.1, 0.15) is 0 Å². The third-order valence-electron chi connectivity index (χ3n) is 2.05. The molecule has 0 amide bonds. The summed E-state index contributed by atoms with van der Waals surface area (Å²) >= 11 is 3.68. The Balaban J connectivity index is 2.04. The lowest BCUT2D eigenvalue weighted by Gasteiger charge is -2.02. The third kappa shape index (κ3) is 0.533. The Hall–Kier alpha value is 0.400. The normalized spacial score (nSPS) is 66.6. The van der Waals surface area contributed by atoms with E-state index in [1.807, 2.05) is 17.8 Å². The summed E-state index contributed by atoms with van der Waals surface area (Å²) in [7, 11) is 0. The highest BCUT2D eigenvalue weighted by Gasteiger charge is 2.65. The van der Waals surface area contributed by atoms with Crippen LogP contribution in [0.4, 0.5) is 0 Å². The van der Waals surface area contributed by atoms with E-state index in [0.717, 1.165) is 10.5 Å². The van der Waals surface area contributed by atoms with Crippen LogP contribution < -0.4 is 0 Å². The largest absolute Gasteiger partial charge is 0.375 e. The van der Waals surface area contributed by atoms with Gasteiger partial charge in [-0.3, -0.25) is 0 Å². The number of rotatable bonds is 0. The van der Waals surface area contributed by atoms with Gasteiger partial charge in [0.05, 0.1) is 5.25 Å². The SMILES string of the molecule is OC12C=CC3SC3C1S2. The summed E-state index contributed by atoms with van der Waals surface area (Å²) in [6.45, 7) is 0. The summed E-state index contributed by atoms with van der Waals surface area (Å²) in [5.74, 6) is 0. The molecule has 3 heteroatoms. The van der Waals surface area contributed by atoms with E-state index in [1.54, 1.807) is 11.8 Å². The van der Waals surface area contributed by atoms with E-state index in [9.17, 15) is 5.11 Å².